The van der Waals surface area contributed by atoms with E-state index in [1.807, 2.05) is 0 Å². The van der Waals surface area contributed by atoms with Crippen LogP contribution < -0.4 is 5.32 Å². The van der Waals surface area contributed by atoms with E-state index in [0.29, 0.717) is 38.0 Å². The zero-order valence-electron chi connectivity index (χ0n) is 13.3. The van der Waals surface area contributed by atoms with Gasteiger partial charge in [-0.05, 0) is 38.6 Å². The van der Waals surface area contributed by atoms with Gasteiger partial charge in [0.2, 0.25) is 15.9 Å². The molecular weight excluding hydrogens is 302 g/mol. The Morgan fingerprint density at radius 3 is 2.41 bits per heavy atom. The standard InChI is InChI=1S/C15H27N3O3S/c1-22(20,21)18-10-5-12(6-11-18)15(19)16-13-7-9-17-8-3-2-4-14(13)17/h12-14H,2-11H2,1H3,(H,16,19)/t13-,14+/m0/s1. The fourth-order valence-electron chi connectivity index (χ4n) is 4.17. The summed E-state index contributed by atoms with van der Waals surface area (Å²) in [5, 5.41) is 3.25. The van der Waals surface area contributed by atoms with E-state index in [-0.39, 0.29) is 11.8 Å². The van der Waals surface area contributed by atoms with Crippen LogP contribution in [0.1, 0.15) is 38.5 Å². The van der Waals surface area contributed by atoms with Crippen LogP contribution in [0.3, 0.4) is 0 Å². The average Bonchev–Trinajstić information content (AvgIpc) is 2.90. The van der Waals surface area contributed by atoms with Gasteiger partial charge in [0.05, 0.1) is 6.26 Å². The third-order valence-corrected chi connectivity index (χ3v) is 6.78. The highest BCUT2D eigenvalue weighted by Gasteiger charge is 2.37. The Bertz CT molecular complexity index is 514. The molecule has 0 aromatic rings. The molecule has 3 aliphatic rings. The van der Waals surface area contributed by atoms with Gasteiger partial charge in [-0.25, -0.2) is 12.7 Å². The minimum Gasteiger partial charge on any atom is -0.352 e. The number of carbonyl (C=O) groups excluding carboxylic acids is 1. The molecule has 0 aromatic carbocycles. The number of nitrogens with zero attached hydrogens (tertiary/aromatic N) is 2. The first-order valence-electron chi connectivity index (χ1n) is 8.45. The summed E-state index contributed by atoms with van der Waals surface area (Å²) < 4.78 is 24.5. The normalized spacial score (nSPS) is 31.9. The second kappa shape index (κ2) is 6.45. The number of carbonyl (C=O) groups is 1. The van der Waals surface area contributed by atoms with Crippen LogP contribution in [-0.2, 0) is 14.8 Å². The molecule has 0 radical (unpaired) electrons. The first kappa shape index (κ1) is 16.2. The van der Waals surface area contributed by atoms with Gasteiger partial charge in [-0.2, -0.15) is 0 Å². The van der Waals surface area contributed by atoms with Gasteiger partial charge in [0, 0.05) is 37.6 Å². The van der Waals surface area contributed by atoms with Crippen molar-refractivity contribution in [3.05, 3.63) is 0 Å². The lowest BCUT2D eigenvalue weighted by atomic mass is 9.95. The Labute approximate surface area is 133 Å². The SMILES string of the molecule is CS(=O)(=O)N1CCC(C(=O)N[C@H]2CCN3CCCC[C@H]23)CC1. The van der Waals surface area contributed by atoms with Gasteiger partial charge >= 0.3 is 0 Å². The first-order valence-corrected chi connectivity index (χ1v) is 10.3. The lowest BCUT2D eigenvalue weighted by Crippen LogP contribution is -2.50. The van der Waals surface area contributed by atoms with Gasteiger partial charge in [-0.3, -0.25) is 9.69 Å². The summed E-state index contributed by atoms with van der Waals surface area (Å²) in [6, 6.07) is 0.814. The van der Waals surface area contributed by atoms with Crippen molar-refractivity contribution < 1.29 is 13.2 Å². The molecule has 0 aromatic heterocycles. The predicted octanol–water partition coefficient (Wildman–Crippen LogP) is 0.401. The molecule has 1 N–H and O–H groups in total. The van der Waals surface area contributed by atoms with E-state index >= 15 is 0 Å². The molecule has 3 rings (SSSR count). The third-order valence-electron chi connectivity index (χ3n) is 5.48. The number of hydrogen-bond donors (Lipinski definition) is 1. The van der Waals surface area contributed by atoms with Crippen molar-refractivity contribution in [2.75, 3.05) is 32.4 Å². The molecule has 3 aliphatic heterocycles. The Morgan fingerprint density at radius 2 is 1.73 bits per heavy atom. The minimum atomic E-state index is -3.12. The smallest absolute Gasteiger partial charge is 0.223 e. The second-order valence-corrected chi connectivity index (χ2v) is 8.92. The maximum Gasteiger partial charge on any atom is 0.223 e. The summed E-state index contributed by atoms with van der Waals surface area (Å²) in [5.41, 5.74) is 0. The number of sulfonamides is 1. The molecule has 0 aliphatic carbocycles. The molecule has 6 nitrogen and oxygen atoms in total. The van der Waals surface area contributed by atoms with Crippen LogP contribution >= 0.6 is 0 Å². The molecule has 7 heteroatoms. The second-order valence-electron chi connectivity index (χ2n) is 6.94. The average molecular weight is 329 g/mol. The summed E-state index contributed by atoms with van der Waals surface area (Å²) in [4.78, 5) is 15.0. The minimum absolute atomic E-state index is 0.0318. The highest BCUT2D eigenvalue weighted by Crippen LogP contribution is 2.28. The maximum absolute atomic E-state index is 12.5. The number of rotatable bonds is 3. The van der Waals surface area contributed by atoms with Crippen LogP contribution in [0.2, 0.25) is 0 Å². The molecule has 0 unspecified atom stereocenters. The molecule has 1 amide bonds. The van der Waals surface area contributed by atoms with Crippen molar-refractivity contribution in [3.63, 3.8) is 0 Å². The van der Waals surface area contributed by atoms with Crippen molar-refractivity contribution in [3.8, 4) is 0 Å². The van der Waals surface area contributed by atoms with Gasteiger partial charge in [-0.1, -0.05) is 6.42 Å². The largest absolute Gasteiger partial charge is 0.352 e. The van der Waals surface area contributed by atoms with Crippen LogP contribution in [0, 0.1) is 5.92 Å². The molecule has 3 fully saturated rings. The van der Waals surface area contributed by atoms with E-state index in [1.165, 1.54) is 36.4 Å². The summed E-state index contributed by atoms with van der Waals surface area (Å²) >= 11 is 0. The number of piperidine rings is 2. The third kappa shape index (κ3) is 3.46. The Balaban J connectivity index is 1.51. The van der Waals surface area contributed by atoms with Crippen LogP contribution in [0.4, 0.5) is 0 Å². The van der Waals surface area contributed by atoms with E-state index in [1.54, 1.807) is 0 Å². The quantitative estimate of drug-likeness (QED) is 0.814. The van der Waals surface area contributed by atoms with Gasteiger partial charge in [0.15, 0.2) is 0 Å². The van der Waals surface area contributed by atoms with E-state index in [0.717, 1.165) is 13.0 Å². The molecule has 0 spiro atoms. The molecule has 22 heavy (non-hydrogen) atoms. The Morgan fingerprint density at radius 1 is 1.00 bits per heavy atom. The van der Waals surface area contributed by atoms with Crippen LogP contribution in [0.5, 0.6) is 0 Å². The molecule has 126 valence electrons. The maximum atomic E-state index is 12.5. The Hall–Kier alpha value is -0.660. The van der Waals surface area contributed by atoms with Crippen molar-refractivity contribution in [2.24, 2.45) is 5.92 Å². The summed E-state index contributed by atoms with van der Waals surface area (Å²) in [6.45, 7) is 3.21. The van der Waals surface area contributed by atoms with E-state index in [9.17, 15) is 13.2 Å². The predicted molar refractivity (Wildman–Crippen MR) is 84.9 cm³/mol. The number of hydrogen-bond acceptors (Lipinski definition) is 4. The molecule has 2 atom stereocenters. The van der Waals surface area contributed by atoms with Crippen LogP contribution in [0.25, 0.3) is 0 Å². The first-order chi connectivity index (χ1) is 10.4. The zero-order chi connectivity index (χ0) is 15.7. The fourth-order valence-corrected chi connectivity index (χ4v) is 5.04. The van der Waals surface area contributed by atoms with Crippen molar-refractivity contribution in [2.45, 2.75) is 50.6 Å². The fraction of sp³-hybridized carbons (Fsp3) is 0.933. The summed E-state index contributed by atoms with van der Waals surface area (Å²) in [6.07, 6.45) is 7.31. The lowest BCUT2D eigenvalue weighted by Gasteiger charge is -2.34. The molecule has 0 bridgehead atoms. The van der Waals surface area contributed by atoms with Crippen molar-refractivity contribution in [1.82, 2.24) is 14.5 Å². The summed E-state index contributed by atoms with van der Waals surface area (Å²) in [5.74, 6) is 0.0983. The van der Waals surface area contributed by atoms with Crippen molar-refractivity contribution in [1.29, 1.82) is 0 Å². The van der Waals surface area contributed by atoms with E-state index < -0.39 is 10.0 Å². The van der Waals surface area contributed by atoms with E-state index in [4.69, 9.17) is 0 Å². The van der Waals surface area contributed by atoms with Crippen LogP contribution in [0.15, 0.2) is 0 Å². The van der Waals surface area contributed by atoms with Gasteiger partial charge in [0.1, 0.15) is 0 Å². The van der Waals surface area contributed by atoms with Crippen molar-refractivity contribution >= 4 is 15.9 Å². The number of nitrogens with one attached hydrogen (secondary N) is 1. The number of amides is 1. The lowest BCUT2D eigenvalue weighted by molar-refractivity contribution is -0.127. The van der Waals surface area contributed by atoms with Gasteiger partial charge in [-0.15, -0.1) is 0 Å². The topological polar surface area (TPSA) is 69.7 Å². The monoisotopic (exact) mass is 329 g/mol. The number of fused-ring (bicyclic) bond motifs is 1. The summed E-state index contributed by atoms with van der Waals surface area (Å²) in [7, 11) is -3.12. The molecule has 3 saturated heterocycles. The molecule has 0 saturated carbocycles. The Kier molecular flexibility index (Phi) is 4.75. The zero-order valence-corrected chi connectivity index (χ0v) is 14.1. The highest BCUT2D eigenvalue weighted by molar-refractivity contribution is 7.88. The molecule has 3 heterocycles. The van der Waals surface area contributed by atoms with Gasteiger partial charge < -0.3 is 5.32 Å². The van der Waals surface area contributed by atoms with Gasteiger partial charge in [0.25, 0.3) is 0 Å². The van der Waals surface area contributed by atoms with E-state index in [2.05, 4.69) is 10.2 Å². The van der Waals surface area contributed by atoms with Crippen LogP contribution in [-0.4, -0.2) is 68.0 Å². The molecular formula is C15H27N3O3S. The highest BCUT2D eigenvalue weighted by atomic mass is 32.2.